The van der Waals surface area contributed by atoms with Gasteiger partial charge in [0.05, 0.1) is 0 Å². The van der Waals surface area contributed by atoms with Gasteiger partial charge in [0, 0.05) is 6.54 Å². The van der Waals surface area contributed by atoms with Crippen molar-refractivity contribution in [2.45, 2.75) is 40.2 Å². The quantitative estimate of drug-likeness (QED) is 0.687. The third kappa shape index (κ3) is 2.32. The first kappa shape index (κ1) is 9.23. The predicted molar refractivity (Wildman–Crippen MR) is 48.8 cm³/mol. The molecule has 0 fully saturated rings. The molecule has 0 aliphatic heterocycles. The van der Waals surface area contributed by atoms with E-state index in [4.69, 9.17) is 0 Å². The van der Waals surface area contributed by atoms with Crippen LogP contribution in [0.3, 0.4) is 0 Å². The van der Waals surface area contributed by atoms with Crippen LogP contribution in [-0.4, -0.2) is 14.8 Å². The summed E-state index contributed by atoms with van der Waals surface area (Å²) in [5, 5.41) is 4.13. The Balaban J connectivity index is 2.38. The Morgan fingerprint density at radius 2 is 2.33 bits per heavy atom. The molecule has 0 bridgehead atoms. The minimum absolute atomic E-state index is 0.786. The highest BCUT2D eigenvalue weighted by molar-refractivity contribution is 4.77. The second kappa shape index (κ2) is 4.24. The zero-order chi connectivity index (χ0) is 8.97. The van der Waals surface area contributed by atoms with E-state index < -0.39 is 0 Å². The molecule has 1 atom stereocenters. The van der Waals surface area contributed by atoms with Gasteiger partial charge in [0.1, 0.15) is 12.2 Å². The third-order valence-corrected chi connectivity index (χ3v) is 2.34. The van der Waals surface area contributed by atoms with Crippen LogP contribution in [0.15, 0.2) is 6.33 Å². The second-order valence-electron chi connectivity index (χ2n) is 3.33. The van der Waals surface area contributed by atoms with E-state index in [9.17, 15) is 0 Å². The van der Waals surface area contributed by atoms with E-state index in [2.05, 4.69) is 23.9 Å². The van der Waals surface area contributed by atoms with E-state index in [-0.39, 0.29) is 0 Å². The van der Waals surface area contributed by atoms with Gasteiger partial charge in [-0.25, -0.2) is 4.98 Å². The lowest BCUT2D eigenvalue weighted by Gasteiger charge is -2.08. The Kier molecular flexibility index (Phi) is 3.26. The van der Waals surface area contributed by atoms with Crippen LogP contribution in [0.4, 0.5) is 0 Å². The lowest BCUT2D eigenvalue weighted by atomic mass is 10.1. The molecule has 0 saturated heterocycles. The summed E-state index contributed by atoms with van der Waals surface area (Å²) in [6, 6.07) is 0. The molecule has 1 heterocycles. The fourth-order valence-electron chi connectivity index (χ4n) is 1.09. The monoisotopic (exact) mass is 167 g/mol. The molecular formula is C9H17N3. The van der Waals surface area contributed by atoms with Crippen LogP contribution in [-0.2, 0) is 6.54 Å². The Morgan fingerprint density at radius 3 is 2.83 bits per heavy atom. The molecule has 0 aliphatic rings. The van der Waals surface area contributed by atoms with E-state index in [0.717, 1.165) is 18.3 Å². The Labute approximate surface area is 73.8 Å². The smallest absolute Gasteiger partial charge is 0.138 e. The lowest BCUT2D eigenvalue weighted by Crippen LogP contribution is -2.06. The van der Waals surface area contributed by atoms with Crippen molar-refractivity contribution in [3.8, 4) is 0 Å². The van der Waals surface area contributed by atoms with E-state index >= 15 is 0 Å². The minimum atomic E-state index is 0.786. The van der Waals surface area contributed by atoms with E-state index in [1.165, 1.54) is 12.8 Å². The van der Waals surface area contributed by atoms with Gasteiger partial charge in [-0.05, 0) is 19.3 Å². The molecule has 12 heavy (non-hydrogen) atoms. The zero-order valence-electron chi connectivity index (χ0n) is 8.12. The summed E-state index contributed by atoms with van der Waals surface area (Å²) in [4.78, 5) is 4.07. The molecule has 1 aromatic heterocycles. The highest BCUT2D eigenvalue weighted by atomic mass is 15.3. The minimum Gasteiger partial charge on any atom is -0.250 e. The van der Waals surface area contributed by atoms with Gasteiger partial charge >= 0.3 is 0 Å². The molecule has 1 aromatic rings. The first-order chi connectivity index (χ1) is 5.74. The molecule has 0 amide bonds. The van der Waals surface area contributed by atoms with E-state index in [1.807, 2.05) is 11.6 Å². The van der Waals surface area contributed by atoms with Crippen LogP contribution in [0.2, 0.25) is 0 Å². The molecular weight excluding hydrogens is 150 g/mol. The SMILES string of the molecule is CCC(C)CCn1ncnc1C. The standard InChI is InChI=1S/C9H17N3/c1-4-8(2)5-6-12-9(3)10-7-11-12/h7-8H,4-6H2,1-3H3. The topological polar surface area (TPSA) is 30.7 Å². The summed E-state index contributed by atoms with van der Waals surface area (Å²) in [6.45, 7) is 7.48. The van der Waals surface area contributed by atoms with Gasteiger partial charge in [0.2, 0.25) is 0 Å². The van der Waals surface area contributed by atoms with Gasteiger partial charge in [0.25, 0.3) is 0 Å². The molecule has 3 nitrogen and oxygen atoms in total. The van der Waals surface area contributed by atoms with Gasteiger partial charge in [-0.3, -0.25) is 4.68 Å². The van der Waals surface area contributed by atoms with Crippen LogP contribution in [0, 0.1) is 12.8 Å². The van der Waals surface area contributed by atoms with Crippen molar-refractivity contribution >= 4 is 0 Å². The molecule has 68 valence electrons. The first-order valence-electron chi connectivity index (χ1n) is 4.58. The summed E-state index contributed by atoms with van der Waals surface area (Å²) in [5.74, 6) is 1.80. The fourth-order valence-corrected chi connectivity index (χ4v) is 1.09. The normalized spacial score (nSPS) is 13.2. The molecule has 1 unspecified atom stereocenters. The van der Waals surface area contributed by atoms with Gasteiger partial charge in [-0.1, -0.05) is 20.3 Å². The molecule has 0 aliphatic carbocycles. The number of aromatic nitrogens is 3. The zero-order valence-corrected chi connectivity index (χ0v) is 8.12. The number of nitrogens with zero attached hydrogens (tertiary/aromatic N) is 3. The molecule has 0 aromatic carbocycles. The van der Waals surface area contributed by atoms with Crippen molar-refractivity contribution in [2.24, 2.45) is 5.92 Å². The molecule has 0 spiro atoms. The average molecular weight is 167 g/mol. The number of hydrogen-bond acceptors (Lipinski definition) is 2. The Hall–Kier alpha value is -0.860. The predicted octanol–water partition coefficient (Wildman–Crippen LogP) is 2.02. The van der Waals surface area contributed by atoms with E-state index in [0.29, 0.717) is 0 Å². The summed E-state index contributed by atoms with van der Waals surface area (Å²) in [5.41, 5.74) is 0. The third-order valence-electron chi connectivity index (χ3n) is 2.34. The highest BCUT2D eigenvalue weighted by Gasteiger charge is 2.01. The maximum absolute atomic E-state index is 4.13. The Bertz CT molecular complexity index is 229. The second-order valence-corrected chi connectivity index (χ2v) is 3.33. The van der Waals surface area contributed by atoms with Crippen LogP contribution >= 0.6 is 0 Å². The maximum Gasteiger partial charge on any atom is 0.138 e. The van der Waals surface area contributed by atoms with Crippen LogP contribution in [0.5, 0.6) is 0 Å². The largest absolute Gasteiger partial charge is 0.250 e. The molecule has 0 N–H and O–H groups in total. The van der Waals surface area contributed by atoms with Crippen LogP contribution < -0.4 is 0 Å². The molecule has 1 rings (SSSR count). The van der Waals surface area contributed by atoms with Crippen molar-refractivity contribution in [3.05, 3.63) is 12.2 Å². The number of rotatable bonds is 4. The van der Waals surface area contributed by atoms with Crippen molar-refractivity contribution in [1.82, 2.24) is 14.8 Å². The summed E-state index contributed by atoms with van der Waals surface area (Å²) < 4.78 is 1.96. The molecule has 0 radical (unpaired) electrons. The van der Waals surface area contributed by atoms with Crippen molar-refractivity contribution in [2.75, 3.05) is 0 Å². The van der Waals surface area contributed by atoms with Gasteiger partial charge in [0.15, 0.2) is 0 Å². The van der Waals surface area contributed by atoms with Gasteiger partial charge in [-0.2, -0.15) is 5.10 Å². The molecule has 0 saturated carbocycles. The number of aryl methyl sites for hydroxylation is 2. The summed E-state index contributed by atoms with van der Waals surface area (Å²) in [6.07, 6.45) is 4.06. The molecule has 3 heteroatoms. The van der Waals surface area contributed by atoms with Crippen molar-refractivity contribution in [3.63, 3.8) is 0 Å². The fraction of sp³-hybridized carbons (Fsp3) is 0.778. The Morgan fingerprint density at radius 1 is 1.58 bits per heavy atom. The average Bonchev–Trinajstić information content (AvgIpc) is 2.47. The van der Waals surface area contributed by atoms with Gasteiger partial charge < -0.3 is 0 Å². The van der Waals surface area contributed by atoms with Crippen molar-refractivity contribution in [1.29, 1.82) is 0 Å². The van der Waals surface area contributed by atoms with E-state index in [1.54, 1.807) is 6.33 Å². The van der Waals surface area contributed by atoms with Crippen LogP contribution in [0.1, 0.15) is 32.5 Å². The first-order valence-corrected chi connectivity index (χ1v) is 4.58. The van der Waals surface area contributed by atoms with Crippen LogP contribution in [0.25, 0.3) is 0 Å². The number of hydrogen-bond donors (Lipinski definition) is 0. The highest BCUT2D eigenvalue weighted by Crippen LogP contribution is 2.07. The summed E-state index contributed by atoms with van der Waals surface area (Å²) >= 11 is 0. The lowest BCUT2D eigenvalue weighted by molar-refractivity contribution is 0.443. The maximum atomic E-state index is 4.13. The van der Waals surface area contributed by atoms with Crippen molar-refractivity contribution < 1.29 is 0 Å². The van der Waals surface area contributed by atoms with Gasteiger partial charge in [-0.15, -0.1) is 0 Å². The summed E-state index contributed by atoms with van der Waals surface area (Å²) in [7, 11) is 0.